The Hall–Kier alpha value is -3.39. The maximum Gasteiger partial charge on any atom is 0.254 e. The lowest BCUT2D eigenvalue weighted by molar-refractivity contribution is -0.132. The number of carbonyl (C=O) groups excluding carboxylic acids is 2. The molecule has 36 heavy (non-hydrogen) atoms. The van der Waals surface area contributed by atoms with Crippen molar-refractivity contribution in [2.45, 2.75) is 39.2 Å². The van der Waals surface area contributed by atoms with Gasteiger partial charge in [0.05, 0.1) is 12.2 Å². The van der Waals surface area contributed by atoms with E-state index in [-0.39, 0.29) is 11.8 Å². The summed E-state index contributed by atoms with van der Waals surface area (Å²) in [6.07, 6.45) is 8.66. The highest BCUT2D eigenvalue weighted by Crippen LogP contribution is 2.18. The van der Waals surface area contributed by atoms with Crippen LogP contribution in [-0.4, -0.2) is 81.7 Å². The molecule has 1 aromatic carbocycles. The summed E-state index contributed by atoms with van der Waals surface area (Å²) < 4.78 is 7.96. The third-order valence-corrected chi connectivity index (χ3v) is 7.09. The SMILES string of the molecule is Cc1ccc2nc(COc3cccc(C(=O)N4CCN(CC(=O)N5CCCCCC5)CC4)c3)cn2c1. The van der Waals surface area contributed by atoms with Crippen molar-refractivity contribution < 1.29 is 14.3 Å². The minimum Gasteiger partial charge on any atom is -0.487 e. The molecule has 2 aliphatic heterocycles. The van der Waals surface area contributed by atoms with Gasteiger partial charge in [-0.3, -0.25) is 14.5 Å². The first-order chi connectivity index (χ1) is 17.5. The van der Waals surface area contributed by atoms with Crippen molar-refractivity contribution >= 4 is 17.5 Å². The van der Waals surface area contributed by atoms with Crippen LogP contribution >= 0.6 is 0 Å². The number of ether oxygens (including phenoxy) is 1. The van der Waals surface area contributed by atoms with Crippen molar-refractivity contribution in [3.8, 4) is 5.75 Å². The van der Waals surface area contributed by atoms with Crippen LogP contribution < -0.4 is 4.74 Å². The number of likely N-dealkylation sites (tertiary alicyclic amines) is 1. The number of rotatable bonds is 6. The van der Waals surface area contributed by atoms with E-state index in [4.69, 9.17) is 4.74 Å². The van der Waals surface area contributed by atoms with Crippen LogP contribution in [0.3, 0.4) is 0 Å². The van der Waals surface area contributed by atoms with Gasteiger partial charge in [-0.25, -0.2) is 4.98 Å². The monoisotopic (exact) mass is 489 g/mol. The third-order valence-electron chi connectivity index (χ3n) is 7.09. The number of nitrogens with zero attached hydrogens (tertiary/aromatic N) is 5. The van der Waals surface area contributed by atoms with Crippen LogP contribution in [0.5, 0.6) is 5.75 Å². The number of hydrogen-bond donors (Lipinski definition) is 0. The minimum absolute atomic E-state index is 0.00199. The number of amides is 2. The van der Waals surface area contributed by atoms with Crippen molar-refractivity contribution in [1.29, 1.82) is 0 Å². The van der Waals surface area contributed by atoms with Crippen molar-refractivity contribution in [3.05, 3.63) is 65.6 Å². The standard InChI is InChI=1S/C28H35N5O3/c1-22-9-10-26-29-24(19-33(26)18-22)21-36-25-8-6-7-23(17-25)28(35)32-15-13-30(14-16-32)20-27(34)31-11-4-2-3-5-12-31/h6-10,17-19H,2-5,11-16,20-21H2,1H3. The van der Waals surface area contributed by atoms with Gasteiger partial charge in [-0.2, -0.15) is 0 Å². The third kappa shape index (κ3) is 5.87. The molecule has 2 amide bonds. The van der Waals surface area contributed by atoms with E-state index in [2.05, 4.69) is 9.88 Å². The van der Waals surface area contributed by atoms with Crippen LogP contribution in [0, 0.1) is 6.92 Å². The van der Waals surface area contributed by atoms with Crippen LogP contribution in [0.25, 0.3) is 5.65 Å². The number of hydrogen-bond acceptors (Lipinski definition) is 5. The normalized spacial score (nSPS) is 17.2. The molecule has 8 heteroatoms. The molecule has 0 radical (unpaired) electrons. The number of carbonyl (C=O) groups is 2. The summed E-state index contributed by atoms with van der Waals surface area (Å²) in [5.74, 6) is 0.875. The highest BCUT2D eigenvalue weighted by atomic mass is 16.5. The molecule has 0 N–H and O–H groups in total. The van der Waals surface area contributed by atoms with E-state index in [0.29, 0.717) is 37.6 Å². The minimum atomic E-state index is 0.00199. The fourth-order valence-corrected chi connectivity index (χ4v) is 5.00. The van der Waals surface area contributed by atoms with Gasteiger partial charge in [0.2, 0.25) is 5.91 Å². The molecule has 0 saturated carbocycles. The maximum atomic E-state index is 13.2. The predicted molar refractivity (Wildman–Crippen MR) is 138 cm³/mol. The molecule has 2 saturated heterocycles. The Kier molecular flexibility index (Phi) is 7.51. The summed E-state index contributed by atoms with van der Waals surface area (Å²) in [6.45, 7) is 7.28. The number of aryl methyl sites for hydroxylation is 1. The van der Waals surface area contributed by atoms with E-state index in [1.165, 1.54) is 18.4 Å². The molecule has 2 fully saturated rings. The zero-order valence-electron chi connectivity index (χ0n) is 21.1. The molecule has 0 spiro atoms. The molecular weight excluding hydrogens is 454 g/mol. The second-order valence-electron chi connectivity index (χ2n) is 9.88. The highest BCUT2D eigenvalue weighted by molar-refractivity contribution is 5.94. The summed E-state index contributed by atoms with van der Waals surface area (Å²) in [4.78, 5) is 36.5. The number of pyridine rings is 1. The Morgan fingerprint density at radius 3 is 2.44 bits per heavy atom. The van der Waals surface area contributed by atoms with Crippen LogP contribution in [0.4, 0.5) is 0 Å². The quantitative estimate of drug-likeness (QED) is 0.531. The van der Waals surface area contributed by atoms with Crippen LogP contribution in [0.15, 0.2) is 48.8 Å². The number of piperazine rings is 1. The Bertz CT molecular complexity index is 1210. The van der Waals surface area contributed by atoms with Gasteiger partial charge in [0.1, 0.15) is 18.0 Å². The Labute approximate surface area is 212 Å². The average Bonchev–Trinajstić information content (AvgIpc) is 3.09. The topological polar surface area (TPSA) is 70.4 Å². The molecule has 8 nitrogen and oxygen atoms in total. The lowest BCUT2D eigenvalue weighted by atomic mass is 10.1. The first-order valence-electron chi connectivity index (χ1n) is 13.0. The zero-order chi connectivity index (χ0) is 24.9. The summed E-state index contributed by atoms with van der Waals surface area (Å²) in [6, 6.07) is 11.4. The van der Waals surface area contributed by atoms with Gasteiger partial charge < -0.3 is 18.9 Å². The van der Waals surface area contributed by atoms with E-state index >= 15 is 0 Å². The van der Waals surface area contributed by atoms with Crippen LogP contribution in [-0.2, 0) is 11.4 Å². The lowest BCUT2D eigenvalue weighted by Crippen LogP contribution is -2.51. The van der Waals surface area contributed by atoms with Crippen molar-refractivity contribution in [1.82, 2.24) is 24.1 Å². The second-order valence-corrected chi connectivity index (χ2v) is 9.88. The summed E-state index contributed by atoms with van der Waals surface area (Å²) in [7, 11) is 0. The predicted octanol–water partition coefficient (Wildman–Crippen LogP) is 3.38. The van der Waals surface area contributed by atoms with E-state index in [0.717, 1.165) is 50.4 Å². The number of imidazole rings is 1. The lowest BCUT2D eigenvalue weighted by Gasteiger charge is -2.35. The van der Waals surface area contributed by atoms with Gasteiger partial charge in [0, 0.05) is 57.2 Å². The van der Waals surface area contributed by atoms with E-state index < -0.39 is 0 Å². The smallest absolute Gasteiger partial charge is 0.254 e. The van der Waals surface area contributed by atoms with Gasteiger partial charge in [-0.1, -0.05) is 25.0 Å². The van der Waals surface area contributed by atoms with Gasteiger partial charge in [0.25, 0.3) is 5.91 Å². The van der Waals surface area contributed by atoms with E-state index in [1.807, 2.05) is 63.8 Å². The Morgan fingerprint density at radius 2 is 1.67 bits per heavy atom. The van der Waals surface area contributed by atoms with Crippen molar-refractivity contribution in [3.63, 3.8) is 0 Å². The highest BCUT2D eigenvalue weighted by Gasteiger charge is 2.25. The fourth-order valence-electron chi connectivity index (χ4n) is 5.00. The summed E-state index contributed by atoms with van der Waals surface area (Å²) in [5.41, 5.74) is 3.51. The number of fused-ring (bicyclic) bond motifs is 1. The zero-order valence-corrected chi connectivity index (χ0v) is 21.1. The molecule has 0 bridgehead atoms. The van der Waals surface area contributed by atoms with Gasteiger partial charge in [-0.15, -0.1) is 0 Å². The van der Waals surface area contributed by atoms with E-state index in [1.54, 1.807) is 6.07 Å². The average molecular weight is 490 g/mol. The molecule has 0 unspecified atom stereocenters. The molecule has 0 aliphatic carbocycles. The maximum absolute atomic E-state index is 13.2. The molecule has 5 rings (SSSR count). The van der Waals surface area contributed by atoms with Crippen molar-refractivity contribution in [2.75, 3.05) is 45.8 Å². The second kappa shape index (κ2) is 11.1. The number of aromatic nitrogens is 2. The summed E-state index contributed by atoms with van der Waals surface area (Å²) in [5, 5.41) is 0. The fraction of sp³-hybridized carbons (Fsp3) is 0.464. The molecule has 190 valence electrons. The Balaban J connectivity index is 1.12. The van der Waals surface area contributed by atoms with Crippen molar-refractivity contribution in [2.24, 2.45) is 0 Å². The molecule has 0 atom stereocenters. The first kappa shape index (κ1) is 24.3. The molecule has 2 aromatic heterocycles. The van der Waals surface area contributed by atoms with E-state index in [9.17, 15) is 9.59 Å². The summed E-state index contributed by atoms with van der Waals surface area (Å²) >= 11 is 0. The van der Waals surface area contributed by atoms with Gasteiger partial charge in [-0.05, 0) is 49.6 Å². The molecule has 3 aromatic rings. The van der Waals surface area contributed by atoms with Gasteiger partial charge in [0.15, 0.2) is 0 Å². The number of benzene rings is 1. The Morgan fingerprint density at radius 1 is 0.889 bits per heavy atom. The van der Waals surface area contributed by atoms with Crippen LogP contribution in [0.2, 0.25) is 0 Å². The van der Waals surface area contributed by atoms with Crippen LogP contribution in [0.1, 0.15) is 47.3 Å². The van der Waals surface area contributed by atoms with Gasteiger partial charge >= 0.3 is 0 Å². The molecule has 2 aliphatic rings. The molecule has 4 heterocycles. The molecular formula is C28H35N5O3. The largest absolute Gasteiger partial charge is 0.487 e. The first-order valence-corrected chi connectivity index (χ1v) is 13.0.